The molecule has 0 saturated heterocycles. The summed E-state index contributed by atoms with van der Waals surface area (Å²) in [7, 11) is 0. The molecule has 2 rings (SSSR count). The normalized spacial score (nSPS) is 23.6. The Balaban J connectivity index is 2.56. The molecule has 1 unspecified atom stereocenters. The van der Waals surface area contributed by atoms with E-state index in [1.54, 1.807) is 19.1 Å². The average molecular weight is 247 g/mol. The van der Waals surface area contributed by atoms with Crippen LogP contribution in [0.15, 0.2) is 23.3 Å². The van der Waals surface area contributed by atoms with Gasteiger partial charge in [0.25, 0.3) is 0 Å². The van der Waals surface area contributed by atoms with Crippen molar-refractivity contribution in [3.05, 3.63) is 45.6 Å². The number of benzene rings is 1. The van der Waals surface area contributed by atoms with E-state index in [1.165, 1.54) is 6.07 Å². The monoisotopic (exact) mass is 247 g/mol. The summed E-state index contributed by atoms with van der Waals surface area (Å²) in [5.74, 6) is -0.492. The van der Waals surface area contributed by atoms with E-state index in [2.05, 4.69) is 10.0 Å². The molecule has 1 fully saturated rings. The predicted octanol–water partition coefficient (Wildman–Crippen LogP) is 3.78. The molecule has 1 aromatic carbocycles. The van der Waals surface area contributed by atoms with Crippen molar-refractivity contribution in [3.8, 4) is 0 Å². The Morgan fingerprint density at radius 2 is 2.22 bits per heavy atom. The van der Waals surface area contributed by atoms with Crippen LogP contribution in [0.25, 0.3) is 10.4 Å². The molecule has 0 spiro atoms. The molecule has 0 aromatic heterocycles. The van der Waals surface area contributed by atoms with E-state index in [-0.39, 0.29) is 11.6 Å². The van der Waals surface area contributed by atoms with Gasteiger partial charge in [0.05, 0.1) is 0 Å². The van der Waals surface area contributed by atoms with Crippen LogP contribution in [0.2, 0.25) is 0 Å². The topological polar surface area (TPSA) is 65.8 Å². The molecular formula is C13H14FN3O. The summed E-state index contributed by atoms with van der Waals surface area (Å²) in [6.07, 6.45) is 2.45. The standard InChI is InChI=1S/C13H14FN3O/c1-9-5-6-10(8-11(9)14)13(16-17-15)7-3-2-4-12(13)18/h5-6,8H,2-4,7H2,1H3. The van der Waals surface area contributed by atoms with Gasteiger partial charge < -0.3 is 0 Å². The summed E-state index contributed by atoms with van der Waals surface area (Å²) >= 11 is 0. The van der Waals surface area contributed by atoms with Crippen LogP contribution in [0.3, 0.4) is 0 Å². The number of carbonyl (C=O) groups is 1. The van der Waals surface area contributed by atoms with Crippen molar-refractivity contribution in [3.63, 3.8) is 0 Å². The molecule has 4 nitrogen and oxygen atoms in total. The SMILES string of the molecule is Cc1ccc(C2(N=[N+]=[N-])CCCCC2=O)cc1F. The number of hydrogen-bond donors (Lipinski definition) is 0. The van der Waals surface area contributed by atoms with E-state index in [0.717, 1.165) is 12.8 Å². The second kappa shape index (κ2) is 4.78. The Morgan fingerprint density at radius 1 is 1.44 bits per heavy atom. The molecule has 0 N–H and O–H groups in total. The third kappa shape index (κ3) is 1.97. The number of hydrogen-bond acceptors (Lipinski definition) is 2. The molecule has 5 heteroatoms. The van der Waals surface area contributed by atoms with E-state index in [4.69, 9.17) is 5.53 Å². The van der Waals surface area contributed by atoms with E-state index < -0.39 is 5.54 Å². The number of carbonyl (C=O) groups excluding carboxylic acids is 1. The van der Waals surface area contributed by atoms with Gasteiger partial charge in [-0.3, -0.25) is 4.79 Å². The summed E-state index contributed by atoms with van der Waals surface area (Å²) in [5, 5.41) is 3.70. The van der Waals surface area contributed by atoms with Crippen LogP contribution in [0.4, 0.5) is 4.39 Å². The van der Waals surface area contributed by atoms with Crippen molar-refractivity contribution >= 4 is 5.78 Å². The summed E-state index contributed by atoms with van der Waals surface area (Å²) < 4.78 is 13.6. The van der Waals surface area contributed by atoms with Gasteiger partial charge in [-0.15, -0.1) is 0 Å². The first-order chi connectivity index (χ1) is 8.60. The number of aryl methyl sites for hydroxylation is 1. The van der Waals surface area contributed by atoms with E-state index >= 15 is 0 Å². The average Bonchev–Trinajstić information content (AvgIpc) is 2.36. The molecule has 1 atom stereocenters. The van der Waals surface area contributed by atoms with Gasteiger partial charge in [-0.05, 0) is 42.5 Å². The van der Waals surface area contributed by atoms with Crippen LogP contribution >= 0.6 is 0 Å². The summed E-state index contributed by atoms with van der Waals surface area (Å²) in [4.78, 5) is 14.9. The minimum atomic E-state index is -1.21. The molecule has 0 aliphatic heterocycles. The lowest BCUT2D eigenvalue weighted by Crippen LogP contribution is -2.36. The van der Waals surface area contributed by atoms with Crippen LogP contribution in [0, 0.1) is 12.7 Å². The number of rotatable bonds is 2. The number of Topliss-reactive ketones (excluding diaryl/α,β-unsaturated/α-hetero) is 1. The number of azide groups is 1. The van der Waals surface area contributed by atoms with Crippen molar-refractivity contribution in [1.82, 2.24) is 0 Å². The van der Waals surface area contributed by atoms with Gasteiger partial charge in [-0.1, -0.05) is 23.7 Å². The van der Waals surface area contributed by atoms with Crippen LogP contribution in [0.5, 0.6) is 0 Å². The molecular weight excluding hydrogens is 233 g/mol. The van der Waals surface area contributed by atoms with Gasteiger partial charge in [-0.2, -0.15) is 0 Å². The highest BCUT2D eigenvalue weighted by molar-refractivity contribution is 5.90. The second-order valence-electron chi connectivity index (χ2n) is 4.64. The van der Waals surface area contributed by atoms with Gasteiger partial charge >= 0.3 is 0 Å². The molecule has 18 heavy (non-hydrogen) atoms. The smallest absolute Gasteiger partial charge is 0.149 e. The molecule has 94 valence electrons. The number of nitrogens with zero attached hydrogens (tertiary/aromatic N) is 3. The van der Waals surface area contributed by atoms with Crippen LogP contribution in [0.1, 0.15) is 36.8 Å². The first-order valence-electron chi connectivity index (χ1n) is 5.96. The molecule has 1 saturated carbocycles. The van der Waals surface area contributed by atoms with Crippen molar-refractivity contribution < 1.29 is 9.18 Å². The largest absolute Gasteiger partial charge is 0.299 e. The minimum Gasteiger partial charge on any atom is -0.299 e. The Bertz CT molecular complexity index is 537. The maximum Gasteiger partial charge on any atom is 0.149 e. The van der Waals surface area contributed by atoms with Crippen molar-refractivity contribution in [2.45, 2.75) is 38.1 Å². The molecule has 0 amide bonds. The molecule has 0 heterocycles. The van der Waals surface area contributed by atoms with Gasteiger partial charge in [0.2, 0.25) is 0 Å². The maximum absolute atomic E-state index is 13.6. The zero-order chi connectivity index (χ0) is 13.2. The quantitative estimate of drug-likeness (QED) is 0.445. The lowest BCUT2D eigenvalue weighted by atomic mass is 9.76. The summed E-state index contributed by atoms with van der Waals surface area (Å²) in [6, 6.07) is 4.60. The molecule has 0 bridgehead atoms. The predicted molar refractivity (Wildman–Crippen MR) is 65.4 cm³/mol. The molecule has 1 aliphatic carbocycles. The third-order valence-corrected chi connectivity index (χ3v) is 3.52. The Hall–Kier alpha value is -1.87. The first-order valence-corrected chi connectivity index (χ1v) is 5.96. The minimum absolute atomic E-state index is 0.116. The van der Waals surface area contributed by atoms with Crippen molar-refractivity contribution in [2.75, 3.05) is 0 Å². The Kier molecular flexibility index (Phi) is 3.34. The van der Waals surface area contributed by atoms with E-state index in [9.17, 15) is 9.18 Å². The highest BCUT2D eigenvalue weighted by Gasteiger charge is 2.41. The van der Waals surface area contributed by atoms with E-state index in [1.807, 2.05) is 0 Å². The summed E-state index contributed by atoms with van der Waals surface area (Å²) in [5.41, 5.74) is 8.47. The zero-order valence-electron chi connectivity index (χ0n) is 10.2. The van der Waals surface area contributed by atoms with Gasteiger partial charge in [0, 0.05) is 11.3 Å². The van der Waals surface area contributed by atoms with Gasteiger partial charge in [-0.25, -0.2) is 4.39 Å². The zero-order valence-corrected chi connectivity index (χ0v) is 10.2. The van der Waals surface area contributed by atoms with Crippen LogP contribution < -0.4 is 0 Å². The highest BCUT2D eigenvalue weighted by atomic mass is 19.1. The molecule has 0 radical (unpaired) electrons. The Morgan fingerprint density at radius 3 is 2.83 bits per heavy atom. The third-order valence-electron chi connectivity index (χ3n) is 3.52. The molecule has 1 aromatic rings. The fraction of sp³-hybridized carbons (Fsp3) is 0.462. The van der Waals surface area contributed by atoms with Gasteiger partial charge in [0.1, 0.15) is 17.1 Å². The Labute approximate surface area is 104 Å². The highest BCUT2D eigenvalue weighted by Crippen LogP contribution is 2.38. The number of ketones is 1. The number of halogens is 1. The second-order valence-corrected chi connectivity index (χ2v) is 4.64. The lowest BCUT2D eigenvalue weighted by molar-refractivity contribution is -0.126. The maximum atomic E-state index is 13.6. The van der Waals surface area contributed by atoms with Crippen molar-refractivity contribution in [2.24, 2.45) is 5.11 Å². The lowest BCUT2D eigenvalue weighted by Gasteiger charge is -2.31. The fourth-order valence-corrected chi connectivity index (χ4v) is 2.41. The van der Waals surface area contributed by atoms with Crippen LogP contribution in [-0.2, 0) is 10.3 Å². The van der Waals surface area contributed by atoms with Gasteiger partial charge in [0.15, 0.2) is 0 Å². The molecule has 1 aliphatic rings. The first kappa shape index (κ1) is 12.6. The fourth-order valence-electron chi connectivity index (χ4n) is 2.41. The van der Waals surface area contributed by atoms with Crippen molar-refractivity contribution in [1.29, 1.82) is 0 Å². The summed E-state index contributed by atoms with van der Waals surface area (Å²) in [6.45, 7) is 1.65. The van der Waals surface area contributed by atoms with E-state index in [0.29, 0.717) is 24.0 Å². The van der Waals surface area contributed by atoms with Crippen LogP contribution in [-0.4, -0.2) is 5.78 Å².